The van der Waals surface area contributed by atoms with Crippen LogP contribution in [-0.2, 0) is 9.05 Å². The fourth-order valence-corrected chi connectivity index (χ4v) is 1.96. The molecule has 0 saturated carbocycles. The first-order valence-corrected chi connectivity index (χ1v) is 6.19. The smallest absolute Gasteiger partial charge is 0.288 e. The molecule has 0 aliphatic rings. The van der Waals surface area contributed by atoms with Gasteiger partial charge in [0.15, 0.2) is 0 Å². The quantitative estimate of drug-likeness (QED) is 0.760. The number of aryl methyl sites for hydroxylation is 1. The molecule has 5 heteroatoms. The number of nitrogens with zero attached hydrogens (tertiary/aromatic N) is 1. The Morgan fingerprint density at radius 1 is 1.27 bits per heavy atom. The molecule has 84 valence electrons. The van der Waals surface area contributed by atoms with Gasteiger partial charge in [0.05, 0.1) is 13.2 Å². The molecule has 0 unspecified atom stereocenters. The van der Waals surface area contributed by atoms with Crippen molar-refractivity contribution in [3.05, 3.63) is 23.9 Å². The molecule has 0 aromatic carbocycles. The average molecular weight is 228 g/mol. The second-order valence-electron chi connectivity index (χ2n) is 2.93. The van der Waals surface area contributed by atoms with Crippen LogP contribution in [0.4, 0.5) is 5.82 Å². The highest BCUT2D eigenvalue weighted by molar-refractivity contribution is 7.48. The Hall–Kier alpha value is -0.700. The first-order chi connectivity index (χ1) is 7.26. The molecule has 1 rings (SSSR count). The van der Waals surface area contributed by atoms with Gasteiger partial charge in [-0.1, -0.05) is 6.07 Å². The zero-order valence-electron chi connectivity index (χ0n) is 9.36. The van der Waals surface area contributed by atoms with Crippen molar-refractivity contribution >= 4 is 14.3 Å². The van der Waals surface area contributed by atoms with Gasteiger partial charge in [-0.25, -0.2) is 4.98 Å². The fourth-order valence-electron chi connectivity index (χ4n) is 0.964. The lowest BCUT2D eigenvalue weighted by Gasteiger charge is -2.16. The van der Waals surface area contributed by atoms with E-state index < -0.39 is 8.53 Å². The lowest BCUT2D eigenvalue weighted by molar-refractivity contribution is 0.273. The van der Waals surface area contributed by atoms with Gasteiger partial charge in [-0.3, -0.25) is 0 Å². The van der Waals surface area contributed by atoms with Crippen LogP contribution in [0, 0.1) is 6.92 Å². The summed E-state index contributed by atoms with van der Waals surface area (Å²) in [6.07, 6.45) is 1.81. The maximum Gasteiger partial charge on any atom is 0.288 e. The summed E-state index contributed by atoms with van der Waals surface area (Å²) in [6.45, 7) is 7.15. The summed E-state index contributed by atoms with van der Waals surface area (Å²) in [4.78, 5) is 4.23. The number of anilines is 1. The molecular formula is C10H17N2O2P. The molecule has 0 spiro atoms. The number of rotatable bonds is 6. The molecule has 0 fully saturated rings. The van der Waals surface area contributed by atoms with Crippen LogP contribution in [0.1, 0.15) is 19.4 Å². The van der Waals surface area contributed by atoms with Crippen molar-refractivity contribution in [2.75, 3.05) is 18.3 Å². The third-order valence-electron chi connectivity index (χ3n) is 1.61. The molecule has 0 bridgehead atoms. The monoisotopic (exact) mass is 228 g/mol. The third-order valence-corrected chi connectivity index (χ3v) is 3.01. The second kappa shape index (κ2) is 6.72. The van der Waals surface area contributed by atoms with Gasteiger partial charge in [-0.15, -0.1) is 0 Å². The summed E-state index contributed by atoms with van der Waals surface area (Å²) in [5, 5.41) is 3.12. The summed E-state index contributed by atoms with van der Waals surface area (Å²) < 4.78 is 10.8. The largest absolute Gasteiger partial charge is 0.318 e. The SMILES string of the molecule is CCOP(Nc1ccc(C)cn1)OCC. The minimum atomic E-state index is -1.06. The Bertz CT molecular complexity index is 273. The first kappa shape index (κ1) is 12.4. The van der Waals surface area contributed by atoms with Crippen molar-refractivity contribution < 1.29 is 9.05 Å². The summed E-state index contributed by atoms with van der Waals surface area (Å²) in [5.74, 6) is 0.786. The van der Waals surface area contributed by atoms with Crippen LogP contribution in [0.2, 0.25) is 0 Å². The maximum absolute atomic E-state index is 5.41. The second-order valence-corrected chi connectivity index (χ2v) is 4.18. The Morgan fingerprint density at radius 2 is 1.93 bits per heavy atom. The van der Waals surface area contributed by atoms with E-state index in [2.05, 4.69) is 10.1 Å². The number of pyridine rings is 1. The zero-order chi connectivity index (χ0) is 11.1. The van der Waals surface area contributed by atoms with E-state index >= 15 is 0 Å². The van der Waals surface area contributed by atoms with Crippen LogP contribution < -0.4 is 5.09 Å². The van der Waals surface area contributed by atoms with Crippen molar-refractivity contribution in [2.24, 2.45) is 0 Å². The lowest BCUT2D eigenvalue weighted by Crippen LogP contribution is -2.01. The van der Waals surface area contributed by atoms with E-state index in [9.17, 15) is 0 Å². The van der Waals surface area contributed by atoms with Crippen molar-refractivity contribution in [1.29, 1.82) is 0 Å². The highest BCUT2D eigenvalue weighted by Crippen LogP contribution is 2.37. The van der Waals surface area contributed by atoms with Gasteiger partial charge in [0.2, 0.25) is 0 Å². The van der Waals surface area contributed by atoms with Gasteiger partial charge in [0.1, 0.15) is 5.82 Å². The number of hydrogen-bond acceptors (Lipinski definition) is 4. The molecule has 0 amide bonds. The van der Waals surface area contributed by atoms with E-state index in [4.69, 9.17) is 9.05 Å². The van der Waals surface area contributed by atoms with Gasteiger partial charge in [-0.05, 0) is 32.4 Å². The average Bonchev–Trinajstić information content (AvgIpc) is 2.22. The van der Waals surface area contributed by atoms with Crippen molar-refractivity contribution in [3.63, 3.8) is 0 Å². The summed E-state index contributed by atoms with van der Waals surface area (Å²) in [5.41, 5.74) is 1.14. The summed E-state index contributed by atoms with van der Waals surface area (Å²) in [7, 11) is -1.06. The molecule has 0 aliphatic heterocycles. The summed E-state index contributed by atoms with van der Waals surface area (Å²) >= 11 is 0. The van der Waals surface area contributed by atoms with Gasteiger partial charge >= 0.3 is 0 Å². The molecule has 1 heterocycles. The molecular weight excluding hydrogens is 211 g/mol. The maximum atomic E-state index is 5.41. The van der Waals surface area contributed by atoms with Crippen LogP contribution in [0.5, 0.6) is 0 Å². The number of nitrogens with one attached hydrogen (secondary N) is 1. The predicted octanol–water partition coefficient (Wildman–Crippen LogP) is 3.10. The molecule has 0 radical (unpaired) electrons. The van der Waals surface area contributed by atoms with E-state index in [0.29, 0.717) is 13.2 Å². The van der Waals surface area contributed by atoms with Gasteiger partial charge < -0.3 is 14.1 Å². The molecule has 0 aliphatic carbocycles. The fraction of sp³-hybridized carbons (Fsp3) is 0.500. The lowest BCUT2D eigenvalue weighted by atomic mass is 10.3. The first-order valence-electron chi connectivity index (χ1n) is 5.01. The zero-order valence-corrected chi connectivity index (χ0v) is 10.3. The number of aromatic nitrogens is 1. The predicted molar refractivity (Wildman–Crippen MR) is 62.8 cm³/mol. The van der Waals surface area contributed by atoms with Crippen molar-refractivity contribution in [2.45, 2.75) is 20.8 Å². The van der Waals surface area contributed by atoms with E-state index in [0.717, 1.165) is 11.4 Å². The minimum absolute atomic E-state index is 0.630. The third kappa shape index (κ3) is 4.56. The standard InChI is InChI=1S/C10H17N2O2P/c1-4-13-15(14-5-2)12-10-7-6-9(3)8-11-10/h6-8H,4-5H2,1-3H3,(H,11,12). The van der Waals surface area contributed by atoms with Crippen LogP contribution in [0.3, 0.4) is 0 Å². The van der Waals surface area contributed by atoms with Gasteiger partial charge in [-0.2, -0.15) is 0 Å². The van der Waals surface area contributed by atoms with Crippen LogP contribution in [-0.4, -0.2) is 18.2 Å². The van der Waals surface area contributed by atoms with Crippen LogP contribution in [0.25, 0.3) is 0 Å². The van der Waals surface area contributed by atoms with Crippen LogP contribution >= 0.6 is 8.53 Å². The highest BCUT2D eigenvalue weighted by atomic mass is 31.2. The highest BCUT2D eigenvalue weighted by Gasteiger charge is 2.09. The van der Waals surface area contributed by atoms with E-state index in [1.165, 1.54) is 0 Å². The van der Waals surface area contributed by atoms with E-state index in [1.54, 1.807) is 0 Å². The normalized spacial score (nSPS) is 10.7. The molecule has 1 N–H and O–H groups in total. The molecule has 0 saturated heterocycles. The molecule has 15 heavy (non-hydrogen) atoms. The Morgan fingerprint density at radius 3 is 2.40 bits per heavy atom. The number of hydrogen-bond donors (Lipinski definition) is 1. The van der Waals surface area contributed by atoms with Gasteiger partial charge in [0.25, 0.3) is 8.53 Å². The Balaban J connectivity index is 2.53. The van der Waals surface area contributed by atoms with E-state index in [1.807, 2.05) is 39.1 Å². The Kier molecular flexibility index (Phi) is 5.54. The van der Waals surface area contributed by atoms with E-state index in [-0.39, 0.29) is 0 Å². The minimum Gasteiger partial charge on any atom is -0.318 e. The van der Waals surface area contributed by atoms with Crippen LogP contribution in [0.15, 0.2) is 18.3 Å². The van der Waals surface area contributed by atoms with Crippen molar-refractivity contribution in [3.8, 4) is 0 Å². The Labute approximate surface area is 92.0 Å². The molecule has 0 atom stereocenters. The molecule has 1 aromatic heterocycles. The molecule has 4 nitrogen and oxygen atoms in total. The topological polar surface area (TPSA) is 43.4 Å². The molecule has 1 aromatic rings. The van der Waals surface area contributed by atoms with Crippen molar-refractivity contribution in [1.82, 2.24) is 4.98 Å². The van der Waals surface area contributed by atoms with Gasteiger partial charge in [0, 0.05) is 6.20 Å². The summed E-state index contributed by atoms with van der Waals surface area (Å²) in [6, 6.07) is 3.92.